The van der Waals surface area contributed by atoms with Crippen molar-refractivity contribution >= 4 is 5.91 Å². The summed E-state index contributed by atoms with van der Waals surface area (Å²) in [6.45, 7) is 8.64. The molecule has 1 fully saturated rings. The highest BCUT2D eigenvalue weighted by Crippen LogP contribution is 2.27. The molecule has 1 aliphatic rings. The topological polar surface area (TPSA) is 43.8 Å². The van der Waals surface area contributed by atoms with Crippen molar-refractivity contribution in [1.82, 2.24) is 9.80 Å². The number of aliphatic hydroxyl groups excluding tert-OH is 1. The molecule has 0 saturated heterocycles. The van der Waals surface area contributed by atoms with Crippen LogP contribution in [0.4, 0.5) is 0 Å². The van der Waals surface area contributed by atoms with E-state index < -0.39 is 0 Å². The number of rotatable bonds is 8. The van der Waals surface area contributed by atoms with Crippen LogP contribution in [0, 0.1) is 0 Å². The normalized spacial score (nSPS) is 17.6. The number of hydrogen-bond donors (Lipinski definition) is 1. The van der Waals surface area contributed by atoms with E-state index in [1.54, 1.807) is 0 Å². The van der Waals surface area contributed by atoms with Crippen LogP contribution >= 0.6 is 0 Å². The molecule has 0 aromatic carbocycles. The maximum absolute atomic E-state index is 12.4. The molecular formula is C14H28N2O2. The summed E-state index contributed by atoms with van der Waals surface area (Å²) in [5.41, 5.74) is 0. The second-order valence-electron chi connectivity index (χ2n) is 5.09. The van der Waals surface area contributed by atoms with Gasteiger partial charge in [0.1, 0.15) is 0 Å². The molecule has 1 saturated carbocycles. The lowest BCUT2D eigenvalue weighted by Crippen LogP contribution is -2.53. The number of carbonyl (C=O) groups excluding carboxylic acids is 1. The largest absolute Gasteiger partial charge is 0.396 e. The molecule has 0 aromatic heterocycles. The fourth-order valence-electron chi connectivity index (χ4n) is 2.61. The van der Waals surface area contributed by atoms with Gasteiger partial charge in [-0.25, -0.2) is 0 Å². The van der Waals surface area contributed by atoms with Crippen LogP contribution in [0.5, 0.6) is 0 Å². The zero-order valence-corrected chi connectivity index (χ0v) is 12.1. The van der Waals surface area contributed by atoms with Crippen molar-refractivity contribution in [3.63, 3.8) is 0 Å². The maximum atomic E-state index is 12.4. The Hall–Kier alpha value is -0.610. The van der Waals surface area contributed by atoms with Gasteiger partial charge in [0.25, 0.3) is 0 Å². The van der Waals surface area contributed by atoms with E-state index in [9.17, 15) is 4.79 Å². The van der Waals surface area contributed by atoms with E-state index in [1.807, 2.05) is 25.7 Å². The maximum Gasteiger partial charge on any atom is 0.239 e. The molecule has 0 radical (unpaired) electrons. The number of nitrogens with zero attached hydrogens (tertiary/aromatic N) is 2. The van der Waals surface area contributed by atoms with Crippen LogP contribution in [0.2, 0.25) is 0 Å². The molecular weight excluding hydrogens is 228 g/mol. The van der Waals surface area contributed by atoms with Crippen molar-refractivity contribution < 1.29 is 9.90 Å². The Morgan fingerprint density at radius 1 is 1.33 bits per heavy atom. The van der Waals surface area contributed by atoms with Crippen molar-refractivity contribution in [2.45, 2.75) is 58.5 Å². The Balaban J connectivity index is 2.61. The number of likely N-dealkylation sites (N-methyl/N-ethyl adjacent to an activating group) is 1. The van der Waals surface area contributed by atoms with Crippen molar-refractivity contribution in [2.24, 2.45) is 0 Å². The van der Waals surface area contributed by atoms with Crippen LogP contribution in [0.1, 0.15) is 46.5 Å². The van der Waals surface area contributed by atoms with Crippen molar-refractivity contribution in [1.29, 1.82) is 0 Å². The van der Waals surface area contributed by atoms with Gasteiger partial charge in [-0.05, 0) is 40.0 Å². The number of carbonyl (C=O) groups is 1. The van der Waals surface area contributed by atoms with Gasteiger partial charge >= 0.3 is 0 Å². The van der Waals surface area contributed by atoms with Gasteiger partial charge in [0.2, 0.25) is 5.91 Å². The van der Waals surface area contributed by atoms with Crippen LogP contribution in [0.25, 0.3) is 0 Å². The lowest BCUT2D eigenvalue weighted by molar-refractivity contribution is -0.137. The second-order valence-corrected chi connectivity index (χ2v) is 5.09. The molecule has 1 amide bonds. The smallest absolute Gasteiger partial charge is 0.239 e. The number of hydrogen-bond acceptors (Lipinski definition) is 3. The average Bonchev–Trinajstić information content (AvgIpc) is 2.32. The van der Waals surface area contributed by atoms with Gasteiger partial charge in [-0.15, -0.1) is 0 Å². The third-order valence-corrected chi connectivity index (χ3v) is 4.05. The number of aliphatic hydroxyl groups is 1. The first-order valence-corrected chi connectivity index (χ1v) is 7.31. The molecule has 0 aliphatic heterocycles. The first-order valence-electron chi connectivity index (χ1n) is 7.31. The lowest BCUT2D eigenvalue weighted by atomic mass is 9.90. The summed E-state index contributed by atoms with van der Waals surface area (Å²) < 4.78 is 0. The Kier molecular flexibility index (Phi) is 6.65. The van der Waals surface area contributed by atoms with Crippen LogP contribution in [-0.4, -0.2) is 59.1 Å². The summed E-state index contributed by atoms with van der Waals surface area (Å²) in [4.78, 5) is 16.6. The van der Waals surface area contributed by atoms with Gasteiger partial charge in [0.05, 0.1) is 6.04 Å². The predicted octanol–water partition coefficient (Wildman–Crippen LogP) is 1.48. The van der Waals surface area contributed by atoms with Crippen LogP contribution in [0.15, 0.2) is 0 Å². The van der Waals surface area contributed by atoms with Crippen LogP contribution in [0.3, 0.4) is 0 Å². The lowest BCUT2D eigenvalue weighted by Gasteiger charge is -2.42. The highest BCUT2D eigenvalue weighted by molar-refractivity contribution is 5.81. The fraction of sp³-hybridized carbons (Fsp3) is 0.929. The molecule has 18 heavy (non-hydrogen) atoms. The molecule has 4 nitrogen and oxygen atoms in total. The van der Waals surface area contributed by atoms with Crippen molar-refractivity contribution in [3.05, 3.63) is 0 Å². The molecule has 1 rings (SSSR count). The van der Waals surface area contributed by atoms with Gasteiger partial charge in [0, 0.05) is 32.3 Å². The average molecular weight is 256 g/mol. The summed E-state index contributed by atoms with van der Waals surface area (Å²) in [6.07, 6.45) is 4.42. The summed E-state index contributed by atoms with van der Waals surface area (Å²) >= 11 is 0. The van der Waals surface area contributed by atoms with E-state index in [4.69, 9.17) is 5.11 Å². The molecule has 0 spiro atoms. The Labute approximate surface area is 111 Å². The predicted molar refractivity (Wildman–Crippen MR) is 73.4 cm³/mol. The van der Waals surface area contributed by atoms with Crippen LogP contribution in [-0.2, 0) is 4.79 Å². The highest BCUT2D eigenvalue weighted by Gasteiger charge is 2.32. The Morgan fingerprint density at radius 3 is 2.33 bits per heavy atom. The third kappa shape index (κ3) is 3.69. The molecule has 0 bridgehead atoms. The monoisotopic (exact) mass is 256 g/mol. The third-order valence-electron chi connectivity index (χ3n) is 4.05. The SMILES string of the molecule is CCN(CC)C(=O)C(C)N(CCCO)C1CCC1. The molecule has 106 valence electrons. The van der Waals surface area contributed by atoms with E-state index in [0.29, 0.717) is 6.04 Å². The van der Waals surface area contributed by atoms with Gasteiger partial charge in [0.15, 0.2) is 0 Å². The highest BCUT2D eigenvalue weighted by atomic mass is 16.3. The molecule has 0 aromatic rings. The van der Waals surface area contributed by atoms with Crippen molar-refractivity contribution in [2.75, 3.05) is 26.2 Å². The van der Waals surface area contributed by atoms with Crippen molar-refractivity contribution in [3.8, 4) is 0 Å². The Bertz CT molecular complexity index is 250. The van der Waals surface area contributed by atoms with Gasteiger partial charge in [-0.2, -0.15) is 0 Å². The van der Waals surface area contributed by atoms with E-state index in [2.05, 4.69) is 4.90 Å². The van der Waals surface area contributed by atoms with Gasteiger partial charge in [-0.1, -0.05) is 6.42 Å². The standard InChI is InChI=1S/C14H28N2O2/c1-4-15(5-2)14(18)12(3)16(10-7-11-17)13-8-6-9-13/h12-13,17H,4-11H2,1-3H3. The zero-order valence-electron chi connectivity index (χ0n) is 12.1. The summed E-state index contributed by atoms with van der Waals surface area (Å²) in [5.74, 6) is 0.227. The minimum atomic E-state index is -0.0539. The quantitative estimate of drug-likeness (QED) is 0.715. The molecule has 0 heterocycles. The molecule has 4 heteroatoms. The first-order chi connectivity index (χ1) is 8.65. The van der Waals surface area contributed by atoms with Crippen LogP contribution < -0.4 is 0 Å². The van der Waals surface area contributed by atoms with Gasteiger partial charge < -0.3 is 10.0 Å². The summed E-state index contributed by atoms with van der Waals surface area (Å²) in [7, 11) is 0. The van der Waals surface area contributed by atoms with Gasteiger partial charge in [-0.3, -0.25) is 9.69 Å². The fourth-order valence-corrected chi connectivity index (χ4v) is 2.61. The summed E-state index contributed by atoms with van der Waals surface area (Å²) in [6, 6.07) is 0.493. The second kappa shape index (κ2) is 7.74. The first kappa shape index (κ1) is 15.4. The molecule has 1 N–H and O–H groups in total. The van der Waals surface area contributed by atoms with E-state index in [-0.39, 0.29) is 18.6 Å². The molecule has 1 unspecified atom stereocenters. The number of amides is 1. The molecule has 1 atom stereocenters. The minimum absolute atomic E-state index is 0.0539. The van der Waals surface area contributed by atoms with E-state index in [0.717, 1.165) is 26.1 Å². The molecule has 1 aliphatic carbocycles. The zero-order chi connectivity index (χ0) is 13.5. The Morgan fingerprint density at radius 2 is 1.94 bits per heavy atom. The minimum Gasteiger partial charge on any atom is -0.396 e. The van der Waals surface area contributed by atoms with E-state index >= 15 is 0 Å². The summed E-state index contributed by atoms with van der Waals surface area (Å²) in [5, 5.41) is 8.99. The van der Waals surface area contributed by atoms with E-state index in [1.165, 1.54) is 19.3 Å².